The standard InChI is InChI=1S/C21H25F3N4O5/c1-3-5-10-27(16-17(25)28(9-4-2)20(32)26-18(16)30)15(29)12-33-19(31)13-7-6-8-14(11-13)21(22,23)24/h6-8,11H,3-5,9-10,12,25H2,1-2H3,(H,26,30,32). The number of amides is 1. The van der Waals surface area contributed by atoms with E-state index in [4.69, 9.17) is 10.5 Å². The number of ether oxygens (including phenoxy) is 1. The van der Waals surface area contributed by atoms with Crippen molar-refractivity contribution in [2.75, 3.05) is 23.8 Å². The Morgan fingerprint density at radius 2 is 1.88 bits per heavy atom. The normalized spacial score (nSPS) is 11.3. The summed E-state index contributed by atoms with van der Waals surface area (Å²) < 4.78 is 44.6. The molecule has 1 aromatic heterocycles. The molecule has 33 heavy (non-hydrogen) atoms. The van der Waals surface area contributed by atoms with Crippen LogP contribution in [0, 0.1) is 0 Å². The monoisotopic (exact) mass is 470 g/mol. The van der Waals surface area contributed by atoms with Gasteiger partial charge in [-0.05, 0) is 31.0 Å². The van der Waals surface area contributed by atoms with E-state index in [1.54, 1.807) is 6.92 Å². The second kappa shape index (κ2) is 10.8. The average Bonchev–Trinajstić information content (AvgIpc) is 2.76. The number of alkyl halides is 3. The number of aromatic amines is 1. The molecule has 1 aromatic carbocycles. The Bertz CT molecular complexity index is 1120. The van der Waals surface area contributed by atoms with Gasteiger partial charge in [0.1, 0.15) is 5.82 Å². The number of aromatic nitrogens is 2. The van der Waals surface area contributed by atoms with Crippen molar-refractivity contribution in [1.29, 1.82) is 0 Å². The number of nitrogens with zero attached hydrogens (tertiary/aromatic N) is 2. The first-order valence-corrected chi connectivity index (χ1v) is 10.3. The van der Waals surface area contributed by atoms with Gasteiger partial charge in [-0.15, -0.1) is 0 Å². The molecule has 1 amide bonds. The lowest BCUT2D eigenvalue weighted by atomic mass is 10.1. The van der Waals surface area contributed by atoms with Crippen molar-refractivity contribution in [2.45, 2.75) is 45.8 Å². The number of nitrogen functional groups attached to an aromatic ring is 1. The quantitative estimate of drug-likeness (QED) is 0.542. The van der Waals surface area contributed by atoms with Gasteiger partial charge in [-0.2, -0.15) is 13.2 Å². The third-order valence-corrected chi connectivity index (χ3v) is 4.72. The van der Waals surface area contributed by atoms with Crippen molar-refractivity contribution in [1.82, 2.24) is 9.55 Å². The SMILES string of the molecule is CCCCN(C(=O)COC(=O)c1cccc(C(F)(F)F)c1)c1c(N)n(CCC)c(=O)[nH]c1=O. The Labute approximate surface area is 187 Å². The second-order valence-corrected chi connectivity index (χ2v) is 7.20. The lowest BCUT2D eigenvalue weighted by Gasteiger charge is -2.24. The number of carbonyl (C=O) groups excluding carboxylic acids is 2. The number of rotatable bonds is 9. The maximum absolute atomic E-state index is 12.9. The Balaban J connectivity index is 2.29. The van der Waals surface area contributed by atoms with Crippen molar-refractivity contribution in [2.24, 2.45) is 0 Å². The lowest BCUT2D eigenvalue weighted by molar-refractivity contribution is -0.137. The van der Waals surface area contributed by atoms with Gasteiger partial charge in [0.2, 0.25) is 0 Å². The topological polar surface area (TPSA) is 127 Å². The minimum atomic E-state index is -4.65. The van der Waals surface area contributed by atoms with E-state index in [1.807, 2.05) is 6.92 Å². The van der Waals surface area contributed by atoms with Crippen LogP contribution in [0.15, 0.2) is 33.9 Å². The highest BCUT2D eigenvalue weighted by Crippen LogP contribution is 2.29. The molecule has 0 fully saturated rings. The van der Waals surface area contributed by atoms with E-state index in [9.17, 15) is 32.3 Å². The number of halogens is 3. The molecule has 2 aromatic rings. The highest BCUT2D eigenvalue weighted by Gasteiger charge is 2.31. The van der Waals surface area contributed by atoms with Crippen LogP contribution in [-0.4, -0.2) is 34.6 Å². The Morgan fingerprint density at radius 1 is 1.18 bits per heavy atom. The highest BCUT2D eigenvalue weighted by atomic mass is 19.4. The molecule has 0 radical (unpaired) electrons. The summed E-state index contributed by atoms with van der Waals surface area (Å²) in [5, 5.41) is 0. The summed E-state index contributed by atoms with van der Waals surface area (Å²) in [6.07, 6.45) is -2.99. The number of carbonyl (C=O) groups is 2. The number of anilines is 2. The highest BCUT2D eigenvalue weighted by molar-refractivity contribution is 5.98. The molecular formula is C21H25F3N4O5. The molecule has 1 heterocycles. The summed E-state index contributed by atoms with van der Waals surface area (Å²) >= 11 is 0. The van der Waals surface area contributed by atoms with Crippen LogP contribution in [0.3, 0.4) is 0 Å². The Hall–Kier alpha value is -3.57. The number of nitrogens with one attached hydrogen (secondary N) is 1. The maximum Gasteiger partial charge on any atom is 0.416 e. The minimum absolute atomic E-state index is 0.0497. The van der Waals surface area contributed by atoms with Crippen LogP contribution in [-0.2, 0) is 22.3 Å². The van der Waals surface area contributed by atoms with Gasteiger partial charge in [-0.3, -0.25) is 19.1 Å². The van der Waals surface area contributed by atoms with Gasteiger partial charge in [0, 0.05) is 13.1 Å². The largest absolute Gasteiger partial charge is 0.452 e. The van der Waals surface area contributed by atoms with E-state index in [1.165, 1.54) is 0 Å². The van der Waals surface area contributed by atoms with Crippen molar-refractivity contribution < 1.29 is 27.5 Å². The summed E-state index contributed by atoms with van der Waals surface area (Å²) in [4.78, 5) is 52.7. The van der Waals surface area contributed by atoms with Gasteiger partial charge in [-0.25, -0.2) is 9.59 Å². The number of hydrogen-bond donors (Lipinski definition) is 2. The molecule has 12 heteroatoms. The van der Waals surface area contributed by atoms with E-state index in [2.05, 4.69) is 4.98 Å². The summed E-state index contributed by atoms with van der Waals surface area (Å²) in [5.41, 5.74) is 2.75. The van der Waals surface area contributed by atoms with E-state index < -0.39 is 41.5 Å². The molecule has 0 atom stereocenters. The molecule has 0 unspecified atom stereocenters. The average molecular weight is 470 g/mol. The molecule has 2 rings (SSSR count). The molecule has 180 valence electrons. The van der Waals surface area contributed by atoms with Gasteiger partial charge in [-0.1, -0.05) is 26.3 Å². The van der Waals surface area contributed by atoms with E-state index in [0.717, 1.165) is 27.7 Å². The third kappa shape index (κ3) is 6.24. The molecule has 0 saturated heterocycles. The molecule has 0 aliphatic rings. The number of H-pyrrole nitrogens is 1. The molecule has 0 saturated carbocycles. The predicted molar refractivity (Wildman–Crippen MR) is 115 cm³/mol. The first kappa shape index (κ1) is 25.7. The van der Waals surface area contributed by atoms with Crippen molar-refractivity contribution in [3.05, 3.63) is 56.2 Å². The molecule has 3 N–H and O–H groups in total. The predicted octanol–water partition coefficient (Wildman–Crippen LogP) is 2.54. The van der Waals surface area contributed by atoms with Crippen LogP contribution in [0.25, 0.3) is 0 Å². The smallest absolute Gasteiger partial charge is 0.416 e. The van der Waals surface area contributed by atoms with Gasteiger partial charge in [0.05, 0.1) is 11.1 Å². The van der Waals surface area contributed by atoms with Gasteiger partial charge in [0.25, 0.3) is 11.5 Å². The summed E-state index contributed by atoms with van der Waals surface area (Å²) in [5.74, 6) is -2.16. The van der Waals surface area contributed by atoms with E-state index in [0.29, 0.717) is 25.3 Å². The molecular weight excluding hydrogens is 445 g/mol. The van der Waals surface area contributed by atoms with Gasteiger partial charge >= 0.3 is 17.8 Å². The summed E-state index contributed by atoms with van der Waals surface area (Å²) in [6.45, 7) is 3.05. The van der Waals surface area contributed by atoms with Crippen LogP contribution in [0.2, 0.25) is 0 Å². The molecule has 9 nitrogen and oxygen atoms in total. The minimum Gasteiger partial charge on any atom is -0.452 e. The first-order chi connectivity index (χ1) is 15.5. The zero-order chi connectivity index (χ0) is 24.8. The van der Waals surface area contributed by atoms with Crippen LogP contribution >= 0.6 is 0 Å². The fourth-order valence-corrected chi connectivity index (χ4v) is 3.07. The van der Waals surface area contributed by atoms with Crippen molar-refractivity contribution in [3.8, 4) is 0 Å². The zero-order valence-electron chi connectivity index (χ0n) is 18.2. The van der Waals surface area contributed by atoms with Crippen LogP contribution < -0.4 is 21.9 Å². The van der Waals surface area contributed by atoms with Crippen molar-refractivity contribution >= 4 is 23.4 Å². The number of benzene rings is 1. The number of nitrogens with two attached hydrogens (primary N) is 1. The van der Waals surface area contributed by atoms with E-state index >= 15 is 0 Å². The lowest BCUT2D eigenvalue weighted by Crippen LogP contribution is -2.43. The number of unbranched alkanes of at least 4 members (excludes halogenated alkanes) is 1. The summed E-state index contributed by atoms with van der Waals surface area (Å²) in [7, 11) is 0. The number of hydrogen-bond acceptors (Lipinski definition) is 6. The van der Waals surface area contributed by atoms with Crippen LogP contribution in [0.5, 0.6) is 0 Å². The van der Waals surface area contributed by atoms with E-state index in [-0.39, 0.29) is 30.2 Å². The second-order valence-electron chi connectivity index (χ2n) is 7.20. The zero-order valence-corrected chi connectivity index (χ0v) is 18.2. The molecule has 0 bridgehead atoms. The number of esters is 1. The Kier molecular flexibility index (Phi) is 8.44. The molecule has 0 aliphatic heterocycles. The van der Waals surface area contributed by atoms with Crippen LogP contribution in [0.4, 0.5) is 24.7 Å². The maximum atomic E-state index is 12.9. The summed E-state index contributed by atoms with van der Waals surface area (Å²) in [6, 6.07) is 3.59. The fraction of sp³-hybridized carbons (Fsp3) is 0.429. The third-order valence-electron chi connectivity index (χ3n) is 4.72. The van der Waals surface area contributed by atoms with Gasteiger partial charge < -0.3 is 15.4 Å². The van der Waals surface area contributed by atoms with Crippen molar-refractivity contribution in [3.63, 3.8) is 0 Å². The van der Waals surface area contributed by atoms with Crippen LogP contribution in [0.1, 0.15) is 49.0 Å². The fourth-order valence-electron chi connectivity index (χ4n) is 3.07. The first-order valence-electron chi connectivity index (χ1n) is 10.3. The molecule has 0 aliphatic carbocycles. The van der Waals surface area contributed by atoms with Gasteiger partial charge in [0.15, 0.2) is 12.3 Å². The molecule has 0 spiro atoms. The Morgan fingerprint density at radius 3 is 2.48 bits per heavy atom.